The first-order chi connectivity index (χ1) is 11.2. The predicted molar refractivity (Wildman–Crippen MR) is 96.6 cm³/mol. The molecule has 2 aromatic rings. The molecule has 124 valence electrons. The van der Waals surface area contributed by atoms with Crippen LogP contribution in [0.5, 0.6) is 11.5 Å². The van der Waals surface area contributed by atoms with Crippen LogP contribution in [0.15, 0.2) is 36.4 Å². The Morgan fingerprint density at radius 2 is 1.91 bits per heavy atom. The summed E-state index contributed by atoms with van der Waals surface area (Å²) >= 11 is 0. The molecule has 0 aliphatic carbocycles. The van der Waals surface area contributed by atoms with Crippen molar-refractivity contribution in [3.63, 3.8) is 0 Å². The second-order valence-corrected chi connectivity index (χ2v) is 5.82. The standard InChI is InChI=1S/C20H27NO2/c1-5-6-12-23-20-17(8-7-9-19(20)22-4)14-21-18-13-15(2)10-11-16(18)3/h7-11,13,21H,5-6,12,14H2,1-4H3. The average Bonchev–Trinajstić information content (AvgIpc) is 2.56. The summed E-state index contributed by atoms with van der Waals surface area (Å²) in [5.41, 5.74) is 4.77. The number of anilines is 1. The normalized spacial score (nSPS) is 10.4. The summed E-state index contributed by atoms with van der Waals surface area (Å²) in [6.45, 7) is 7.81. The van der Waals surface area contributed by atoms with Gasteiger partial charge in [0.2, 0.25) is 0 Å². The Balaban J connectivity index is 2.16. The van der Waals surface area contributed by atoms with E-state index in [0.717, 1.165) is 35.6 Å². The average molecular weight is 313 g/mol. The highest BCUT2D eigenvalue weighted by atomic mass is 16.5. The Labute approximate surface area is 139 Å². The molecule has 0 fully saturated rings. The van der Waals surface area contributed by atoms with Crippen LogP contribution in [-0.4, -0.2) is 13.7 Å². The summed E-state index contributed by atoms with van der Waals surface area (Å²) in [5.74, 6) is 1.64. The van der Waals surface area contributed by atoms with Gasteiger partial charge in [-0.15, -0.1) is 0 Å². The fourth-order valence-electron chi connectivity index (χ4n) is 2.46. The van der Waals surface area contributed by atoms with Gasteiger partial charge in [-0.2, -0.15) is 0 Å². The molecule has 2 rings (SSSR count). The molecule has 1 N–H and O–H groups in total. The maximum Gasteiger partial charge on any atom is 0.166 e. The van der Waals surface area contributed by atoms with Crippen LogP contribution in [-0.2, 0) is 6.54 Å². The smallest absolute Gasteiger partial charge is 0.166 e. The summed E-state index contributed by atoms with van der Waals surface area (Å²) in [5, 5.41) is 3.52. The number of methoxy groups -OCH3 is 1. The van der Waals surface area contributed by atoms with Crippen molar-refractivity contribution < 1.29 is 9.47 Å². The monoisotopic (exact) mass is 313 g/mol. The van der Waals surface area contributed by atoms with E-state index in [1.165, 1.54) is 11.1 Å². The molecule has 0 unspecified atom stereocenters. The Hall–Kier alpha value is -2.16. The zero-order valence-corrected chi connectivity index (χ0v) is 14.6. The number of benzene rings is 2. The van der Waals surface area contributed by atoms with Crippen molar-refractivity contribution in [2.45, 2.75) is 40.2 Å². The van der Waals surface area contributed by atoms with Crippen molar-refractivity contribution in [1.82, 2.24) is 0 Å². The van der Waals surface area contributed by atoms with Gasteiger partial charge in [0.05, 0.1) is 13.7 Å². The summed E-state index contributed by atoms with van der Waals surface area (Å²) < 4.78 is 11.4. The summed E-state index contributed by atoms with van der Waals surface area (Å²) in [7, 11) is 1.68. The van der Waals surface area contributed by atoms with Crippen LogP contribution < -0.4 is 14.8 Å². The van der Waals surface area contributed by atoms with Gasteiger partial charge in [0.15, 0.2) is 11.5 Å². The minimum Gasteiger partial charge on any atom is -0.493 e. The molecular weight excluding hydrogens is 286 g/mol. The van der Waals surface area contributed by atoms with E-state index >= 15 is 0 Å². The second kappa shape index (κ2) is 8.47. The van der Waals surface area contributed by atoms with E-state index in [1.54, 1.807) is 7.11 Å². The Morgan fingerprint density at radius 1 is 1.09 bits per heavy atom. The minimum absolute atomic E-state index is 0.711. The lowest BCUT2D eigenvalue weighted by molar-refractivity contribution is 0.285. The molecular formula is C20H27NO2. The zero-order chi connectivity index (χ0) is 16.7. The van der Waals surface area contributed by atoms with Crippen molar-refractivity contribution >= 4 is 5.69 Å². The number of rotatable bonds is 8. The van der Waals surface area contributed by atoms with Crippen LogP contribution in [0.1, 0.15) is 36.5 Å². The largest absolute Gasteiger partial charge is 0.493 e. The number of nitrogens with one attached hydrogen (secondary N) is 1. The Bertz CT molecular complexity index is 638. The van der Waals surface area contributed by atoms with Crippen molar-refractivity contribution in [2.24, 2.45) is 0 Å². The third-order valence-corrected chi connectivity index (χ3v) is 3.89. The van der Waals surface area contributed by atoms with Crippen LogP contribution in [0.2, 0.25) is 0 Å². The first-order valence-corrected chi connectivity index (χ1v) is 8.25. The van der Waals surface area contributed by atoms with Crippen LogP contribution in [0, 0.1) is 13.8 Å². The molecule has 3 nitrogen and oxygen atoms in total. The third-order valence-electron chi connectivity index (χ3n) is 3.89. The van der Waals surface area contributed by atoms with E-state index in [9.17, 15) is 0 Å². The van der Waals surface area contributed by atoms with E-state index in [0.29, 0.717) is 13.2 Å². The van der Waals surface area contributed by atoms with Gasteiger partial charge in [0, 0.05) is 17.8 Å². The maximum atomic E-state index is 5.98. The molecule has 0 saturated heterocycles. The predicted octanol–water partition coefficient (Wildman–Crippen LogP) is 5.10. The number of hydrogen-bond acceptors (Lipinski definition) is 3. The molecule has 0 saturated carbocycles. The van der Waals surface area contributed by atoms with Gasteiger partial charge in [-0.25, -0.2) is 0 Å². The number of unbranched alkanes of at least 4 members (excludes halogenated alkanes) is 1. The second-order valence-electron chi connectivity index (χ2n) is 5.82. The fourth-order valence-corrected chi connectivity index (χ4v) is 2.46. The molecule has 0 aliphatic heterocycles. The lowest BCUT2D eigenvalue weighted by atomic mass is 10.1. The number of hydrogen-bond donors (Lipinski definition) is 1. The molecule has 3 heteroatoms. The van der Waals surface area contributed by atoms with E-state index < -0.39 is 0 Å². The van der Waals surface area contributed by atoms with Gasteiger partial charge < -0.3 is 14.8 Å². The molecule has 0 spiro atoms. The van der Waals surface area contributed by atoms with Gasteiger partial charge in [0.25, 0.3) is 0 Å². The lowest BCUT2D eigenvalue weighted by Crippen LogP contribution is -2.06. The minimum atomic E-state index is 0.711. The van der Waals surface area contributed by atoms with Gasteiger partial charge >= 0.3 is 0 Å². The molecule has 0 heterocycles. The van der Waals surface area contributed by atoms with Crippen molar-refractivity contribution in [3.05, 3.63) is 53.1 Å². The van der Waals surface area contributed by atoms with Crippen molar-refractivity contribution in [1.29, 1.82) is 0 Å². The van der Waals surface area contributed by atoms with Crippen LogP contribution in [0.3, 0.4) is 0 Å². The van der Waals surface area contributed by atoms with E-state index in [1.807, 2.05) is 12.1 Å². The highest BCUT2D eigenvalue weighted by molar-refractivity contribution is 5.54. The third kappa shape index (κ3) is 4.65. The van der Waals surface area contributed by atoms with Crippen molar-refractivity contribution in [3.8, 4) is 11.5 Å². The molecule has 0 radical (unpaired) electrons. The topological polar surface area (TPSA) is 30.5 Å². The quantitative estimate of drug-likeness (QED) is 0.687. The Kier molecular flexibility index (Phi) is 6.33. The first kappa shape index (κ1) is 17.2. The van der Waals surface area contributed by atoms with E-state index in [4.69, 9.17) is 9.47 Å². The highest BCUT2D eigenvalue weighted by Gasteiger charge is 2.11. The van der Waals surface area contributed by atoms with Gasteiger partial charge in [-0.1, -0.05) is 37.6 Å². The molecule has 0 bridgehead atoms. The summed E-state index contributed by atoms with van der Waals surface area (Å²) in [6.07, 6.45) is 2.16. The number of aryl methyl sites for hydroxylation is 2. The number of para-hydroxylation sites is 1. The lowest BCUT2D eigenvalue weighted by Gasteiger charge is -2.16. The molecule has 0 aromatic heterocycles. The van der Waals surface area contributed by atoms with Crippen LogP contribution >= 0.6 is 0 Å². The maximum absolute atomic E-state index is 5.98. The van der Waals surface area contributed by atoms with E-state index in [2.05, 4.69) is 50.4 Å². The van der Waals surface area contributed by atoms with E-state index in [-0.39, 0.29) is 0 Å². The molecule has 23 heavy (non-hydrogen) atoms. The Morgan fingerprint density at radius 3 is 2.65 bits per heavy atom. The zero-order valence-electron chi connectivity index (χ0n) is 14.6. The summed E-state index contributed by atoms with van der Waals surface area (Å²) in [6, 6.07) is 12.5. The SMILES string of the molecule is CCCCOc1c(CNc2cc(C)ccc2C)cccc1OC. The van der Waals surface area contributed by atoms with Crippen LogP contribution in [0.25, 0.3) is 0 Å². The molecule has 0 aliphatic rings. The van der Waals surface area contributed by atoms with Crippen LogP contribution in [0.4, 0.5) is 5.69 Å². The molecule has 0 atom stereocenters. The van der Waals surface area contributed by atoms with Gasteiger partial charge in [-0.05, 0) is 43.5 Å². The number of ether oxygens (including phenoxy) is 2. The fraction of sp³-hybridized carbons (Fsp3) is 0.400. The highest BCUT2D eigenvalue weighted by Crippen LogP contribution is 2.32. The molecule has 0 amide bonds. The van der Waals surface area contributed by atoms with Crippen molar-refractivity contribution in [2.75, 3.05) is 19.0 Å². The summed E-state index contributed by atoms with van der Waals surface area (Å²) in [4.78, 5) is 0. The molecule has 2 aromatic carbocycles. The first-order valence-electron chi connectivity index (χ1n) is 8.25. The van der Waals surface area contributed by atoms with Gasteiger partial charge in [-0.3, -0.25) is 0 Å². The van der Waals surface area contributed by atoms with Gasteiger partial charge in [0.1, 0.15) is 0 Å².